The first-order valence-electron chi connectivity index (χ1n) is 7.45. The van der Waals surface area contributed by atoms with Gasteiger partial charge in [0.1, 0.15) is 5.60 Å². The van der Waals surface area contributed by atoms with Crippen molar-refractivity contribution in [2.24, 2.45) is 5.92 Å². The highest BCUT2D eigenvalue weighted by Gasteiger charge is 2.43. The van der Waals surface area contributed by atoms with E-state index in [9.17, 15) is 4.79 Å². The number of amides is 1. The van der Waals surface area contributed by atoms with Crippen molar-refractivity contribution in [3.05, 3.63) is 11.6 Å². The van der Waals surface area contributed by atoms with E-state index in [0.717, 1.165) is 38.5 Å². The van der Waals surface area contributed by atoms with Crippen molar-refractivity contribution in [3.63, 3.8) is 0 Å². The van der Waals surface area contributed by atoms with Crippen molar-refractivity contribution in [3.8, 4) is 6.07 Å². The molecule has 0 aromatic heterocycles. The van der Waals surface area contributed by atoms with Crippen molar-refractivity contribution in [1.29, 1.82) is 5.26 Å². The zero-order valence-electron chi connectivity index (χ0n) is 12.7. The highest BCUT2D eigenvalue weighted by Crippen LogP contribution is 2.43. The molecular formula is C16H24N2O2. The lowest BCUT2D eigenvalue weighted by Crippen LogP contribution is -2.56. The molecule has 2 rings (SSSR count). The van der Waals surface area contributed by atoms with Gasteiger partial charge in [-0.3, -0.25) is 0 Å². The Labute approximate surface area is 121 Å². The molecule has 2 aliphatic rings. The van der Waals surface area contributed by atoms with Gasteiger partial charge in [-0.15, -0.1) is 0 Å². The topological polar surface area (TPSA) is 62.1 Å². The van der Waals surface area contributed by atoms with Crippen LogP contribution in [-0.4, -0.2) is 17.2 Å². The predicted molar refractivity (Wildman–Crippen MR) is 77.0 cm³/mol. The summed E-state index contributed by atoms with van der Waals surface area (Å²) in [5.74, 6) is 0.136. The van der Waals surface area contributed by atoms with Gasteiger partial charge in [0.05, 0.1) is 17.5 Å². The summed E-state index contributed by atoms with van der Waals surface area (Å²) in [5.41, 5.74) is 0.617. The van der Waals surface area contributed by atoms with Crippen molar-refractivity contribution in [2.45, 2.75) is 70.4 Å². The van der Waals surface area contributed by atoms with Gasteiger partial charge in [0, 0.05) is 0 Å². The Morgan fingerprint density at radius 3 is 2.60 bits per heavy atom. The number of ether oxygens (including phenoxy) is 1. The van der Waals surface area contributed by atoms with Gasteiger partial charge in [0.2, 0.25) is 0 Å². The largest absolute Gasteiger partial charge is 0.444 e. The van der Waals surface area contributed by atoms with Crippen LogP contribution in [0.5, 0.6) is 0 Å². The maximum absolute atomic E-state index is 12.0. The minimum Gasteiger partial charge on any atom is -0.444 e. The summed E-state index contributed by atoms with van der Waals surface area (Å²) in [6.07, 6.45) is 7.55. The molecule has 1 N–H and O–H groups in total. The fourth-order valence-electron chi connectivity index (χ4n) is 2.94. The second-order valence-corrected chi connectivity index (χ2v) is 6.89. The van der Waals surface area contributed by atoms with Gasteiger partial charge in [-0.25, -0.2) is 4.79 Å². The summed E-state index contributed by atoms with van der Waals surface area (Å²) < 4.78 is 5.37. The van der Waals surface area contributed by atoms with Gasteiger partial charge in [-0.05, 0) is 64.9 Å². The van der Waals surface area contributed by atoms with Gasteiger partial charge < -0.3 is 10.1 Å². The van der Waals surface area contributed by atoms with Gasteiger partial charge in [0.15, 0.2) is 0 Å². The second kappa shape index (κ2) is 5.47. The number of allylic oxidation sites excluding steroid dienone is 1. The van der Waals surface area contributed by atoms with E-state index in [1.165, 1.54) is 5.57 Å². The van der Waals surface area contributed by atoms with Gasteiger partial charge in [0.25, 0.3) is 0 Å². The molecule has 0 saturated heterocycles. The van der Waals surface area contributed by atoms with Crippen LogP contribution in [0.15, 0.2) is 11.6 Å². The Hall–Kier alpha value is -1.50. The van der Waals surface area contributed by atoms with E-state index in [0.29, 0.717) is 0 Å². The first-order chi connectivity index (χ1) is 9.35. The summed E-state index contributed by atoms with van der Waals surface area (Å²) in [6, 6.07) is 2.33. The summed E-state index contributed by atoms with van der Waals surface area (Å²) in [7, 11) is 0. The van der Waals surface area contributed by atoms with E-state index in [1.807, 2.05) is 20.8 Å². The van der Waals surface area contributed by atoms with E-state index in [4.69, 9.17) is 10.00 Å². The number of alkyl carbamates (subject to hydrolysis) is 1. The van der Waals surface area contributed by atoms with E-state index < -0.39 is 5.60 Å². The molecule has 0 aromatic rings. The SMILES string of the molecule is CC(C)(C)OC(=O)NC1(C2=CCC(C#N)CC2)CCC1. The number of hydrogen-bond donors (Lipinski definition) is 1. The lowest BCUT2D eigenvalue weighted by molar-refractivity contribution is 0.0417. The predicted octanol–water partition coefficient (Wildman–Crippen LogP) is 3.68. The maximum Gasteiger partial charge on any atom is 0.408 e. The summed E-state index contributed by atoms with van der Waals surface area (Å²) in [6.45, 7) is 5.62. The molecule has 0 aliphatic heterocycles. The second-order valence-electron chi connectivity index (χ2n) is 6.89. The molecular weight excluding hydrogens is 252 g/mol. The Morgan fingerprint density at radius 2 is 2.20 bits per heavy atom. The van der Waals surface area contributed by atoms with Crippen molar-refractivity contribution < 1.29 is 9.53 Å². The van der Waals surface area contributed by atoms with E-state index in [-0.39, 0.29) is 17.6 Å². The number of hydrogen-bond acceptors (Lipinski definition) is 3. The summed E-state index contributed by atoms with van der Waals surface area (Å²) in [5, 5.41) is 12.0. The van der Waals surface area contributed by atoms with E-state index in [2.05, 4.69) is 17.5 Å². The molecule has 0 bridgehead atoms. The third-order valence-electron chi connectivity index (χ3n) is 4.16. The van der Waals surface area contributed by atoms with Gasteiger partial charge in [-0.2, -0.15) is 5.26 Å². The van der Waals surface area contributed by atoms with E-state index >= 15 is 0 Å². The number of nitrogens with one attached hydrogen (secondary N) is 1. The van der Waals surface area contributed by atoms with Crippen LogP contribution in [0.4, 0.5) is 4.79 Å². The minimum atomic E-state index is -0.470. The molecule has 110 valence electrons. The zero-order valence-corrected chi connectivity index (χ0v) is 12.7. The van der Waals surface area contributed by atoms with Crippen LogP contribution in [0.2, 0.25) is 0 Å². The average Bonchev–Trinajstić information content (AvgIpc) is 2.32. The zero-order chi connectivity index (χ0) is 14.8. The average molecular weight is 276 g/mol. The molecule has 20 heavy (non-hydrogen) atoms. The third kappa shape index (κ3) is 3.33. The monoisotopic (exact) mass is 276 g/mol. The molecule has 4 heteroatoms. The third-order valence-corrected chi connectivity index (χ3v) is 4.16. The van der Waals surface area contributed by atoms with Crippen LogP contribution >= 0.6 is 0 Å². The number of rotatable bonds is 2. The minimum absolute atomic E-state index is 0.136. The lowest BCUT2D eigenvalue weighted by atomic mass is 9.68. The molecule has 0 heterocycles. The first-order valence-corrected chi connectivity index (χ1v) is 7.45. The summed E-state index contributed by atoms with van der Waals surface area (Å²) in [4.78, 5) is 12.0. The molecule has 1 unspecified atom stereocenters. The van der Waals surface area contributed by atoms with Crippen molar-refractivity contribution in [2.75, 3.05) is 0 Å². The summed E-state index contributed by atoms with van der Waals surface area (Å²) >= 11 is 0. The first kappa shape index (κ1) is 14.9. The molecule has 0 radical (unpaired) electrons. The molecule has 1 amide bonds. The molecule has 2 aliphatic carbocycles. The normalized spacial score (nSPS) is 24.9. The van der Waals surface area contributed by atoms with Crippen LogP contribution in [0.1, 0.15) is 59.3 Å². The Kier molecular flexibility index (Phi) is 4.08. The molecule has 4 nitrogen and oxygen atoms in total. The van der Waals surface area contributed by atoms with Crippen LogP contribution < -0.4 is 5.32 Å². The van der Waals surface area contributed by atoms with Gasteiger partial charge in [-0.1, -0.05) is 6.08 Å². The molecule has 1 atom stereocenters. The Morgan fingerprint density at radius 1 is 1.50 bits per heavy atom. The van der Waals surface area contributed by atoms with E-state index in [1.54, 1.807) is 0 Å². The fourth-order valence-corrected chi connectivity index (χ4v) is 2.94. The lowest BCUT2D eigenvalue weighted by Gasteiger charge is -2.46. The fraction of sp³-hybridized carbons (Fsp3) is 0.750. The smallest absolute Gasteiger partial charge is 0.408 e. The Balaban J connectivity index is 2.02. The highest BCUT2D eigenvalue weighted by atomic mass is 16.6. The number of carbonyl (C=O) groups is 1. The van der Waals surface area contributed by atoms with Crippen molar-refractivity contribution >= 4 is 6.09 Å². The molecule has 0 aromatic carbocycles. The van der Waals surface area contributed by atoms with Crippen LogP contribution in [0.3, 0.4) is 0 Å². The molecule has 1 saturated carbocycles. The van der Waals surface area contributed by atoms with Crippen molar-refractivity contribution in [1.82, 2.24) is 5.32 Å². The Bertz CT molecular complexity index is 450. The quantitative estimate of drug-likeness (QED) is 0.782. The van der Waals surface area contributed by atoms with Gasteiger partial charge >= 0.3 is 6.09 Å². The number of nitriles is 1. The highest BCUT2D eigenvalue weighted by molar-refractivity contribution is 5.70. The van der Waals surface area contributed by atoms with Crippen LogP contribution in [0, 0.1) is 17.2 Å². The van der Waals surface area contributed by atoms with Crippen LogP contribution in [0.25, 0.3) is 0 Å². The molecule has 0 spiro atoms. The standard InChI is InChI=1S/C16H24N2O2/c1-15(2,3)20-14(19)18-16(9-4-10-16)13-7-5-12(11-17)6-8-13/h7,12H,4-6,8-10H2,1-3H3,(H,18,19). The maximum atomic E-state index is 12.0. The molecule has 1 fully saturated rings. The van der Waals surface area contributed by atoms with Crippen LogP contribution in [-0.2, 0) is 4.74 Å². The number of carbonyl (C=O) groups excluding carboxylic acids is 1. The number of nitrogens with zero attached hydrogens (tertiary/aromatic N) is 1.